The van der Waals surface area contributed by atoms with Crippen LogP contribution in [-0.2, 0) is 11.2 Å². The zero-order valence-corrected chi connectivity index (χ0v) is 11.8. The number of unbranched alkanes of at least 4 members (excludes halogenated alkanes) is 4. The zero-order chi connectivity index (χ0) is 12.5. The van der Waals surface area contributed by atoms with E-state index in [0.717, 1.165) is 10.1 Å². The van der Waals surface area contributed by atoms with Gasteiger partial charge >= 0.3 is 5.97 Å². The van der Waals surface area contributed by atoms with Crippen LogP contribution < -0.4 is 0 Å². The fraction of sp³-hybridized carbons (Fsp3) is 0.667. The summed E-state index contributed by atoms with van der Waals surface area (Å²) in [7, 11) is 0. The minimum absolute atomic E-state index is 0.0353. The summed E-state index contributed by atoms with van der Waals surface area (Å²) >= 11 is 3.29. The molecule has 0 aromatic carbocycles. The first kappa shape index (κ1) is 14.5. The first-order valence-corrected chi connectivity index (χ1v) is 7.88. The lowest BCUT2D eigenvalue weighted by Crippen LogP contribution is -1.99. The number of aromatic nitrogens is 1. The van der Waals surface area contributed by atoms with E-state index < -0.39 is 5.97 Å². The molecule has 0 saturated carbocycles. The SMILES string of the molecule is CCCCCCCSc1nc(CC(=O)O)cs1. The molecule has 1 aromatic rings. The largest absolute Gasteiger partial charge is 0.481 e. The van der Waals surface area contributed by atoms with Crippen molar-refractivity contribution >= 4 is 29.1 Å². The number of hydrogen-bond acceptors (Lipinski definition) is 4. The average Bonchev–Trinajstić information content (AvgIpc) is 2.70. The molecule has 1 aromatic heterocycles. The Morgan fingerprint density at radius 2 is 2.18 bits per heavy atom. The molecule has 0 spiro atoms. The molecule has 0 aliphatic carbocycles. The minimum Gasteiger partial charge on any atom is -0.481 e. The van der Waals surface area contributed by atoms with E-state index in [2.05, 4.69) is 11.9 Å². The number of rotatable bonds is 9. The summed E-state index contributed by atoms with van der Waals surface area (Å²) in [6.45, 7) is 2.22. The van der Waals surface area contributed by atoms with Gasteiger partial charge in [0, 0.05) is 11.1 Å². The van der Waals surface area contributed by atoms with Crippen LogP contribution in [0.25, 0.3) is 0 Å². The van der Waals surface area contributed by atoms with Crippen molar-refractivity contribution in [3.8, 4) is 0 Å². The summed E-state index contributed by atoms with van der Waals surface area (Å²) in [6, 6.07) is 0. The summed E-state index contributed by atoms with van der Waals surface area (Å²) in [6.07, 6.45) is 6.46. The molecule has 0 fully saturated rings. The van der Waals surface area contributed by atoms with Crippen LogP contribution in [-0.4, -0.2) is 21.8 Å². The molecular formula is C12H19NO2S2. The Balaban J connectivity index is 2.14. The lowest BCUT2D eigenvalue weighted by atomic mass is 10.2. The fourth-order valence-electron chi connectivity index (χ4n) is 1.46. The topological polar surface area (TPSA) is 50.2 Å². The third kappa shape index (κ3) is 6.68. The zero-order valence-electron chi connectivity index (χ0n) is 10.1. The summed E-state index contributed by atoms with van der Waals surface area (Å²) in [5, 5.41) is 10.5. The molecule has 17 heavy (non-hydrogen) atoms. The van der Waals surface area contributed by atoms with Crippen LogP contribution in [0.5, 0.6) is 0 Å². The number of thioether (sulfide) groups is 1. The van der Waals surface area contributed by atoms with E-state index in [1.54, 1.807) is 23.1 Å². The monoisotopic (exact) mass is 273 g/mol. The second-order valence-corrected chi connectivity index (χ2v) is 6.14. The maximum Gasteiger partial charge on any atom is 0.309 e. The molecule has 0 atom stereocenters. The summed E-state index contributed by atoms with van der Waals surface area (Å²) in [5.74, 6) is 0.274. The van der Waals surface area contributed by atoms with Crippen LogP contribution in [0.3, 0.4) is 0 Å². The maximum atomic E-state index is 10.5. The lowest BCUT2D eigenvalue weighted by molar-refractivity contribution is -0.136. The second-order valence-electron chi connectivity index (χ2n) is 3.94. The first-order chi connectivity index (χ1) is 8.22. The number of hydrogen-bond donors (Lipinski definition) is 1. The van der Waals surface area contributed by atoms with Gasteiger partial charge in [-0.25, -0.2) is 4.98 Å². The third-order valence-corrected chi connectivity index (χ3v) is 4.49. The number of aliphatic carboxylic acids is 1. The van der Waals surface area contributed by atoms with Gasteiger partial charge in [0.15, 0.2) is 0 Å². The van der Waals surface area contributed by atoms with Gasteiger partial charge in [-0.05, 0) is 6.42 Å². The van der Waals surface area contributed by atoms with Gasteiger partial charge in [-0.1, -0.05) is 44.4 Å². The van der Waals surface area contributed by atoms with Crippen molar-refractivity contribution in [2.45, 2.75) is 49.8 Å². The lowest BCUT2D eigenvalue weighted by Gasteiger charge is -1.98. The molecule has 0 bridgehead atoms. The molecule has 96 valence electrons. The van der Waals surface area contributed by atoms with Gasteiger partial charge in [-0.2, -0.15) is 0 Å². The van der Waals surface area contributed by atoms with E-state index in [1.807, 2.05) is 5.38 Å². The molecule has 0 saturated heterocycles. The Labute approximate surface area is 111 Å². The van der Waals surface area contributed by atoms with Gasteiger partial charge in [-0.3, -0.25) is 4.79 Å². The molecule has 0 aliphatic heterocycles. The van der Waals surface area contributed by atoms with Gasteiger partial charge in [0.05, 0.1) is 12.1 Å². The van der Waals surface area contributed by atoms with E-state index in [0.29, 0.717) is 5.69 Å². The van der Waals surface area contributed by atoms with E-state index in [1.165, 1.54) is 32.1 Å². The minimum atomic E-state index is -0.814. The van der Waals surface area contributed by atoms with E-state index in [4.69, 9.17) is 5.11 Å². The molecule has 1 heterocycles. The van der Waals surface area contributed by atoms with Gasteiger partial charge in [-0.15, -0.1) is 11.3 Å². The Morgan fingerprint density at radius 1 is 1.41 bits per heavy atom. The van der Waals surface area contributed by atoms with Gasteiger partial charge < -0.3 is 5.11 Å². The molecule has 3 nitrogen and oxygen atoms in total. The van der Waals surface area contributed by atoms with Crippen LogP contribution in [0.2, 0.25) is 0 Å². The summed E-state index contributed by atoms with van der Waals surface area (Å²) in [5.41, 5.74) is 0.677. The normalized spacial score (nSPS) is 10.6. The van der Waals surface area contributed by atoms with E-state index in [9.17, 15) is 4.79 Å². The summed E-state index contributed by atoms with van der Waals surface area (Å²) < 4.78 is 0.997. The van der Waals surface area contributed by atoms with Gasteiger partial charge in [0.2, 0.25) is 0 Å². The van der Waals surface area contributed by atoms with E-state index in [-0.39, 0.29) is 6.42 Å². The summed E-state index contributed by atoms with van der Waals surface area (Å²) in [4.78, 5) is 14.8. The van der Waals surface area contributed by atoms with Crippen LogP contribution in [0.4, 0.5) is 0 Å². The average molecular weight is 273 g/mol. The van der Waals surface area contributed by atoms with Crippen LogP contribution in [0.15, 0.2) is 9.72 Å². The van der Waals surface area contributed by atoms with Crippen molar-refractivity contribution in [3.05, 3.63) is 11.1 Å². The number of carboxylic acid groups (broad SMARTS) is 1. The highest BCUT2D eigenvalue weighted by Crippen LogP contribution is 2.24. The quantitative estimate of drug-likeness (QED) is 0.548. The molecular weight excluding hydrogens is 254 g/mol. The number of thiazole rings is 1. The fourth-order valence-corrected chi connectivity index (χ4v) is 3.37. The van der Waals surface area contributed by atoms with Crippen LogP contribution >= 0.6 is 23.1 Å². The Hall–Kier alpha value is -0.550. The predicted octanol–water partition coefficient (Wildman–Crippen LogP) is 3.83. The van der Waals surface area contributed by atoms with Crippen molar-refractivity contribution in [1.82, 2.24) is 4.98 Å². The molecule has 1 N–H and O–H groups in total. The Kier molecular flexibility index (Phi) is 7.28. The van der Waals surface area contributed by atoms with E-state index >= 15 is 0 Å². The highest BCUT2D eigenvalue weighted by Gasteiger charge is 2.06. The third-order valence-electron chi connectivity index (χ3n) is 2.34. The maximum absolute atomic E-state index is 10.5. The van der Waals surface area contributed by atoms with Crippen molar-refractivity contribution < 1.29 is 9.90 Å². The first-order valence-electron chi connectivity index (χ1n) is 6.01. The molecule has 0 radical (unpaired) electrons. The van der Waals surface area contributed by atoms with Crippen molar-refractivity contribution in [3.63, 3.8) is 0 Å². The van der Waals surface area contributed by atoms with Gasteiger partial charge in [0.25, 0.3) is 0 Å². The number of nitrogens with zero attached hydrogens (tertiary/aromatic N) is 1. The van der Waals surface area contributed by atoms with Crippen molar-refractivity contribution in [1.29, 1.82) is 0 Å². The predicted molar refractivity (Wildman–Crippen MR) is 72.9 cm³/mol. The Morgan fingerprint density at radius 3 is 2.88 bits per heavy atom. The molecule has 0 amide bonds. The van der Waals surface area contributed by atoms with Crippen LogP contribution in [0.1, 0.15) is 44.7 Å². The molecule has 0 unspecified atom stereocenters. The second kappa shape index (κ2) is 8.53. The number of carbonyl (C=O) groups is 1. The number of carboxylic acids is 1. The van der Waals surface area contributed by atoms with Gasteiger partial charge in [0.1, 0.15) is 4.34 Å². The Bertz CT molecular complexity index is 339. The standard InChI is InChI=1S/C12H19NO2S2/c1-2-3-4-5-6-7-16-12-13-10(9-17-12)8-11(14)15/h9H,2-8H2,1H3,(H,14,15). The highest BCUT2D eigenvalue weighted by atomic mass is 32.2. The van der Waals surface area contributed by atoms with Crippen LogP contribution in [0, 0.1) is 0 Å². The molecule has 0 aliphatic rings. The van der Waals surface area contributed by atoms with Crippen molar-refractivity contribution in [2.24, 2.45) is 0 Å². The molecule has 5 heteroatoms. The highest BCUT2D eigenvalue weighted by molar-refractivity contribution is 8.00. The molecule has 1 rings (SSSR count). The van der Waals surface area contributed by atoms with Crippen molar-refractivity contribution in [2.75, 3.05) is 5.75 Å². The smallest absolute Gasteiger partial charge is 0.309 e.